The summed E-state index contributed by atoms with van der Waals surface area (Å²) in [5.41, 5.74) is 7.95. The Morgan fingerprint density at radius 3 is 2.44 bits per heavy atom. The van der Waals surface area contributed by atoms with Gasteiger partial charge in [-0.25, -0.2) is 9.38 Å². The molecule has 27 heavy (non-hydrogen) atoms. The van der Waals surface area contributed by atoms with E-state index in [0.717, 1.165) is 18.7 Å². The number of benzene rings is 2. The van der Waals surface area contributed by atoms with E-state index >= 15 is 0 Å². The molecule has 3 N–H and O–H groups in total. The fourth-order valence-corrected chi connectivity index (χ4v) is 2.74. The predicted molar refractivity (Wildman–Crippen MR) is 108 cm³/mol. The molecular weight excluding hydrogens is 347 g/mol. The lowest BCUT2D eigenvalue weighted by Crippen LogP contribution is -2.23. The number of aliphatic imine (C=N–C) groups is 1. The number of rotatable bonds is 8. The Hall–Kier alpha value is -2.96. The van der Waals surface area contributed by atoms with Gasteiger partial charge in [-0.05, 0) is 43.7 Å². The first-order valence-electron chi connectivity index (χ1n) is 8.84. The molecule has 0 saturated carbocycles. The van der Waals surface area contributed by atoms with E-state index in [9.17, 15) is 4.39 Å². The number of ether oxygens (including phenoxy) is 2. The highest BCUT2D eigenvalue weighted by molar-refractivity contribution is 5.94. The van der Waals surface area contributed by atoms with Crippen LogP contribution in [-0.2, 0) is 6.54 Å². The topological polar surface area (TPSA) is 72.1 Å². The van der Waals surface area contributed by atoms with Crippen molar-refractivity contribution in [2.24, 2.45) is 10.7 Å². The maximum atomic E-state index is 14.4. The third-order valence-electron chi connectivity index (χ3n) is 4.22. The van der Waals surface area contributed by atoms with Gasteiger partial charge in [-0.2, -0.15) is 0 Å². The molecule has 0 unspecified atom stereocenters. The van der Waals surface area contributed by atoms with Gasteiger partial charge in [-0.1, -0.05) is 6.07 Å². The van der Waals surface area contributed by atoms with Crippen LogP contribution in [0.2, 0.25) is 0 Å². The van der Waals surface area contributed by atoms with Crippen LogP contribution in [0.3, 0.4) is 0 Å². The van der Waals surface area contributed by atoms with Crippen LogP contribution in [0.5, 0.6) is 11.5 Å². The lowest BCUT2D eigenvalue weighted by Gasteiger charge is -2.21. The molecule has 6 nitrogen and oxygen atoms in total. The second-order valence-electron chi connectivity index (χ2n) is 5.85. The zero-order valence-corrected chi connectivity index (χ0v) is 16.3. The first kappa shape index (κ1) is 20.4. The monoisotopic (exact) mass is 374 g/mol. The Morgan fingerprint density at radius 2 is 1.85 bits per heavy atom. The van der Waals surface area contributed by atoms with Crippen molar-refractivity contribution in [1.29, 1.82) is 0 Å². The number of hydrogen-bond acceptors (Lipinski definition) is 4. The molecule has 7 heteroatoms. The van der Waals surface area contributed by atoms with Gasteiger partial charge in [0.1, 0.15) is 17.3 Å². The first-order chi connectivity index (χ1) is 13.0. The molecular formula is C20H27FN4O2. The summed E-state index contributed by atoms with van der Waals surface area (Å²) in [6.07, 6.45) is 0. The van der Waals surface area contributed by atoms with Crippen molar-refractivity contribution >= 4 is 17.3 Å². The molecule has 0 aliphatic heterocycles. The predicted octanol–water partition coefficient (Wildman–Crippen LogP) is 3.62. The first-order valence-corrected chi connectivity index (χ1v) is 8.84. The lowest BCUT2D eigenvalue weighted by atomic mass is 10.2. The van der Waals surface area contributed by atoms with Crippen LogP contribution in [0.1, 0.15) is 19.4 Å². The molecule has 2 aromatic rings. The average Bonchev–Trinajstić information content (AvgIpc) is 2.68. The highest BCUT2D eigenvalue weighted by Gasteiger charge is 2.09. The van der Waals surface area contributed by atoms with Crippen molar-refractivity contribution in [3.8, 4) is 11.5 Å². The summed E-state index contributed by atoms with van der Waals surface area (Å²) < 4.78 is 24.9. The molecule has 0 saturated heterocycles. The molecule has 0 bridgehead atoms. The minimum atomic E-state index is -0.257. The fraction of sp³-hybridized carbons (Fsp3) is 0.350. The molecule has 0 amide bonds. The summed E-state index contributed by atoms with van der Waals surface area (Å²) in [5, 5.41) is 2.99. The number of guanidine groups is 1. The third-order valence-corrected chi connectivity index (χ3v) is 4.22. The fourth-order valence-electron chi connectivity index (χ4n) is 2.74. The Labute approximate surface area is 159 Å². The van der Waals surface area contributed by atoms with Crippen LogP contribution in [0.15, 0.2) is 41.4 Å². The SMILES string of the molecule is CCN(CC)c1ccc(CN=C(N)Nc2cc(OC)ccc2OC)cc1F. The summed E-state index contributed by atoms with van der Waals surface area (Å²) in [6, 6.07) is 10.5. The van der Waals surface area contributed by atoms with E-state index < -0.39 is 0 Å². The quantitative estimate of drug-likeness (QED) is 0.545. The Morgan fingerprint density at radius 1 is 1.11 bits per heavy atom. The summed E-state index contributed by atoms with van der Waals surface area (Å²) >= 11 is 0. The van der Waals surface area contributed by atoms with Crippen LogP contribution in [0, 0.1) is 5.82 Å². The summed E-state index contributed by atoms with van der Waals surface area (Å²) in [7, 11) is 3.15. The van der Waals surface area contributed by atoms with Crippen LogP contribution < -0.4 is 25.4 Å². The maximum Gasteiger partial charge on any atom is 0.193 e. The Kier molecular flexibility index (Phi) is 7.28. The van der Waals surface area contributed by atoms with Gasteiger partial charge in [0.2, 0.25) is 0 Å². The normalized spacial score (nSPS) is 11.2. The molecule has 0 fully saturated rings. The van der Waals surface area contributed by atoms with E-state index in [1.165, 1.54) is 6.07 Å². The summed E-state index contributed by atoms with van der Waals surface area (Å²) in [4.78, 5) is 6.25. The second-order valence-corrected chi connectivity index (χ2v) is 5.85. The van der Waals surface area contributed by atoms with E-state index in [-0.39, 0.29) is 18.3 Å². The zero-order chi connectivity index (χ0) is 19.8. The molecule has 0 radical (unpaired) electrons. The smallest absolute Gasteiger partial charge is 0.193 e. The van der Waals surface area contributed by atoms with Gasteiger partial charge in [0.25, 0.3) is 0 Å². The highest BCUT2D eigenvalue weighted by Crippen LogP contribution is 2.28. The van der Waals surface area contributed by atoms with Crippen molar-refractivity contribution in [3.63, 3.8) is 0 Å². The minimum Gasteiger partial charge on any atom is -0.497 e. The molecule has 0 aliphatic carbocycles. The largest absolute Gasteiger partial charge is 0.497 e. The second kappa shape index (κ2) is 9.66. The van der Waals surface area contributed by atoms with E-state index in [1.807, 2.05) is 24.8 Å². The van der Waals surface area contributed by atoms with Crippen LogP contribution >= 0.6 is 0 Å². The van der Waals surface area contributed by atoms with Crippen molar-refractivity contribution in [2.75, 3.05) is 37.5 Å². The summed E-state index contributed by atoms with van der Waals surface area (Å²) in [5.74, 6) is 1.23. The van der Waals surface area contributed by atoms with Gasteiger partial charge in [0.05, 0.1) is 32.1 Å². The van der Waals surface area contributed by atoms with Crippen LogP contribution in [0.25, 0.3) is 0 Å². The average molecular weight is 374 g/mol. The Balaban J connectivity index is 2.11. The number of hydrogen-bond donors (Lipinski definition) is 2. The van der Waals surface area contributed by atoms with Crippen LogP contribution in [0.4, 0.5) is 15.8 Å². The lowest BCUT2D eigenvalue weighted by molar-refractivity contribution is 0.405. The molecule has 0 heterocycles. The minimum absolute atomic E-state index is 0.204. The third kappa shape index (κ3) is 5.26. The van der Waals surface area contributed by atoms with E-state index in [4.69, 9.17) is 15.2 Å². The number of nitrogens with one attached hydrogen (secondary N) is 1. The molecule has 0 spiro atoms. The van der Waals surface area contributed by atoms with Crippen molar-refractivity contribution in [1.82, 2.24) is 0 Å². The number of methoxy groups -OCH3 is 2. The molecule has 0 aromatic heterocycles. The molecule has 0 aliphatic rings. The van der Waals surface area contributed by atoms with Crippen molar-refractivity contribution in [2.45, 2.75) is 20.4 Å². The van der Waals surface area contributed by atoms with Crippen molar-refractivity contribution < 1.29 is 13.9 Å². The summed E-state index contributed by atoms with van der Waals surface area (Å²) in [6.45, 7) is 5.77. The van der Waals surface area contributed by atoms with Gasteiger partial charge >= 0.3 is 0 Å². The maximum absolute atomic E-state index is 14.4. The van der Waals surface area contributed by atoms with Gasteiger partial charge in [-0.15, -0.1) is 0 Å². The number of nitrogens with two attached hydrogens (primary N) is 1. The molecule has 2 rings (SSSR count). The van der Waals surface area contributed by atoms with E-state index in [2.05, 4.69) is 10.3 Å². The van der Waals surface area contributed by atoms with E-state index in [1.54, 1.807) is 38.5 Å². The standard InChI is InChI=1S/C20H27FN4O2/c1-5-25(6-2)18-9-7-14(11-16(18)21)13-23-20(22)24-17-12-15(26-3)8-10-19(17)27-4/h7-12H,5-6,13H2,1-4H3,(H3,22,23,24). The molecule has 0 atom stereocenters. The Bertz CT molecular complexity index is 792. The van der Waals surface area contributed by atoms with Crippen LogP contribution in [-0.4, -0.2) is 33.3 Å². The van der Waals surface area contributed by atoms with Crippen molar-refractivity contribution in [3.05, 3.63) is 47.8 Å². The van der Waals surface area contributed by atoms with Gasteiger partial charge in [0, 0.05) is 19.2 Å². The molecule has 2 aromatic carbocycles. The number of anilines is 2. The highest BCUT2D eigenvalue weighted by atomic mass is 19.1. The number of halogens is 1. The number of nitrogens with zero attached hydrogens (tertiary/aromatic N) is 2. The van der Waals surface area contributed by atoms with Gasteiger partial charge < -0.3 is 25.4 Å². The van der Waals surface area contributed by atoms with E-state index in [0.29, 0.717) is 22.9 Å². The molecule has 146 valence electrons. The van der Waals surface area contributed by atoms with Gasteiger partial charge in [-0.3, -0.25) is 0 Å². The van der Waals surface area contributed by atoms with Gasteiger partial charge in [0.15, 0.2) is 5.96 Å². The zero-order valence-electron chi connectivity index (χ0n) is 16.3.